The van der Waals surface area contributed by atoms with E-state index in [0.29, 0.717) is 0 Å². The molecule has 0 saturated carbocycles. The van der Waals surface area contributed by atoms with E-state index in [-0.39, 0.29) is 6.42 Å². The van der Waals surface area contributed by atoms with Gasteiger partial charge in [-0.15, -0.1) is 0 Å². The van der Waals surface area contributed by atoms with Crippen molar-refractivity contribution in [3.63, 3.8) is 0 Å². The van der Waals surface area contributed by atoms with E-state index in [0.717, 1.165) is 16.3 Å². The van der Waals surface area contributed by atoms with Gasteiger partial charge in [0.05, 0.1) is 0 Å². The molecule has 1 aliphatic heterocycles. The largest absolute Gasteiger partial charge is 0.422 e. The van der Waals surface area contributed by atoms with Crippen molar-refractivity contribution < 1.29 is 19.1 Å². The third-order valence-corrected chi connectivity index (χ3v) is 3.57. The molecule has 3 rings (SSSR count). The molecule has 4 nitrogen and oxygen atoms in total. The van der Waals surface area contributed by atoms with Crippen molar-refractivity contribution in [3.05, 3.63) is 48.0 Å². The van der Waals surface area contributed by atoms with Gasteiger partial charge in [-0.25, -0.2) is 0 Å². The fourth-order valence-corrected chi connectivity index (χ4v) is 2.60. The van der Waals surface area contributed by atoms with Crippen molar-refractivity contribution in [1.82, 2.24) is 0 Å². The van der Waals surface area contributed by atoms with Crippen molar-refractivity contribution in [3.8, 4) is 0 Å². The number of hydrogen-bond donors (Lipinski definition) is 0. The van der Waals surface area contributed by atoms with Gasteiger partial charge in [0.2, 0.25) is 0 Å². The Morgan fingerprint density at radius 2 is 1.57 bits per heavy atom. The smallest absolute Gasteiger partial charge is 0.323 e. The summed E-state index contributed by atoms with van der Waals surface area (Å²) in [5.74, 6) is -3.12. The second-order valence-electron chi connectivity index (χ2n) is 5.64. The van der Waals surface area contributed by atoms with E-state index in [4.69, 9.17) is 9.47 Å². The molecule has 0 N–H and O–H groups in total. The van der Waals surface area contributed by atoms with Crippen LogP contribution in [0.1, 0.15) is 19.4 Å². The number of carbonyl (C=O) groups is 2. The van der Waals surface area contributed by atoms with Crippen LogP contribution >= 0.6 is 0 Å². The summed E-state index contributed by atoms with van der Waals surface area (Å²) in [7, 11) is 0. The number of rotatable bonds is 2. The maximum Gasteiger partial charge on any atom is 0.323 e. The number of ether oxygens (including phenoxy) is 2. The predicted molar refractivity (Wildman–Crippen MR) is 77.4 cm³/mol. The molecule has 1 aliphatic rings. The molecule has 0 bridgehead atoms. The molecule has 0 spiro atoms. The van der Waals surface area contributed by atoms with Gasteiger partial charge in [0.25, 0.3) is 5.79 Å². The molecule has 0 aliphatic carbocycles. The topological polar surface area (TPSA) is 52.6 Å². The minimum Gasteiger partial charge on any atom is -0.422 e. The molecule has 2 aromatic rings. The summed E-state index contributed by atoms with van der Waals surface area (Å²) in [6.45, 7) is 3.11. The first-order valence-electron chi connectivity index (χ1n) is 6.89. The Kier molecular flexibility index (Phi) is 3.16. The molecule has 108 valence electrons. The summed E-state index contributed by atoms with van der Waals surface area (Å²) in [6.07, 6.45) is 0.287. The molecule has 1 saturated heterocycles. The van der Waals surface area contributed by atoms with E-state index in [2.05, 4.69) is 0 Å². The van der Waals surface area contributed by atoms with Crippen LogP contribution in [0.3, 0.4) is 0 Å². The summed E-state index contributed by atoms with van der Waals surface area (Å²) >= 11 is 0. The van der Waals surface area contributed by atoms with E-state index in [1.807, 2.05) is 42.5 Å². The summed E-state index contributed by atoms with van der Waals surface area (Å²) in [4.78, 5) is 24.1. The van der Waals surface area contributed by atoms with Gasteiger partial charge in [-0.2, -0.15) is 0 Å². The second kappa shape index (κ2) is 4.88. The highest BCUT2D eigenvalue weighted by molar-refractivity contribution is 5.97. The molecule has 2 aromatic carbocycles. The second-order valence-corrected chi connectivity index (χ2v) is 5.64. The number of cyclic esters (lactones) is 2. The number of hydrogen-bond acceptors (Lipinski definition) is 4. The molecule has 0 atom stereocenters. The van der Waals surface area contributed by atoms with Crippen LogP contribution < -0.4 is 0 Å². The fraction of sp³-hybridized carbons (Fsp3) is 0.294. The normalized spacial score (nSPS) is 18.4. The van der Waals surface area contributed by atoms with Crippen molar-refractivity contribution in [1.29, 1.82) is 0 Å². The lowest BCUT2D eigenvalue weighted by atomic mass is 9.94. The van der Waals surface area contributed by atoms with Crippen LogP contribution in [0.15, 0.2) is 42.5 Å². The third-order valence-electron chi connectivity index (χ3n) is 3.57. The Balaban J connectivity index is 1.92. The molecule has 0 aromatic heterocycles. The van der Waals surface area contributed by atoms with Gasteiger partial charge in [-0.3, -0.25) is 9.59 Å². The molecule has 21 heavy (non-hydrogen) atoms. The first kappa shape index (κ1) is 13.6. The van der Waals surface area contributed by atoms with E-state index >= 15 is 0 Å². The fourth-order valence-electron chi connectivity index (χ4n) is 2.60. The maximum absolute atomic E-state index is 12.0. The summed E-state index contributed by atoms with van der Waals surface area (Å²) in [5, 5.41) is 2.11. The standard InChI is InChI=1S/C17H16O4/c1-17(2)20-15(18)14(16(19)21-17)10-12-8-5-7-11-6-3-4-9-13(11)12/h3-9,14H,10H2,1-2H3. The number of carbonyl (C=O) groups excluding carboxylic acids is 2. The summed E-state index contributed by atoms with van der Waals surface area (Å²) in [5.41, 5.74) is 0.937. The van der Waals surface area contributed by atoms with Crippen molar-refractivity contribution in [2.75, 3.05) is 0 Å². The van der Waals surface area contributed by atoms with Crippen LogP contribution in [0.4, 0.5) is 0 Å². The molecular weight excluding hydrogens is 268 g/mol. The zero-order valence-corrected chi connectivity index (χ0v) is 12.0. The maximum atomic E-state index is 12.0. The lowest BCUT2D eigenvalue weighted by Gasteiger charge is -2.33. The molecular formula is C17H16O4. The van der Waals surface area contributed by atoms with Crippen LogP contribution in [0, 0.1) is 5.92 Å². The molecule has 0 radical (unpaired) electrons. The zero-order valence-electron chi connectivity index (χ0n) is 12.0. The van der Waals surface area contributed by atoms with E-state index in [1.54, 1.807) is 13.8 Å². The Labute approximate surface area is 122 Å². The third kappa shape index (κ3) is 2.61. The van der Waals surface area contributed by atoms with Crippen LogP contribution in [0.5, 0.6) is 0 Å². The van der Waals surface area contributed by atoms with Crippen LogP contribution in [-0.4, -0.2) is 17.7 Å². The SMILES string of the molecule is CC1(C)OC(=O)C(Cc2cccc3ccccc23)C(=O)O1. The van der Waals surface area contributed by atoms with Crippen LogP contribution in [0.2, 0.25) is 0 Å². The first-order chi connectivity index (χ1) is 9.96. The van der Waals surface area contributed by atoms with E-state index in [9.17, 15) is 9.59 Å². The highest BCUT2D eigenvalue weighted by atomic mass is 16.7. The van der Waals surface area contributed by atoms with Gasteiger partial charge in [-0.05, 0) is 22.8 Å². The zero-order chi connectivity index (χ0) is 15.0. The van der Waals surface area contributed by atoms with E-state index in [1.165, 1.54) is 0 Å². The number of esters is 2. The van der Waals surface area contributed by atoms with Crippen molar-refractivity contribution in [2.24, 2.45) is 5.92 Å². The average Bonchev–Trinajstić information content (AvgIpc) is 2.42. The van der Waals surface area contributed by atoms with Gasteiger partial charge >= 0.3 is 11.9 Å². The highest BCUT2D eigenvalue weighted by Gasteiger charge is 2.43. The molecule has 4 heteroatoms. The lowest BCUT2D eigenvalue weighted by molar-refractivity contribution is -0.239. The minimum atomic E-state index is -1.18. The highest BCUT2D eigenvalue weighted by Crippen LogP contribution is 2.28. The average molecular weight is 284 g/mol. The quantitative estimate of drug-likeness (QED) is 0.628. The Morgan fingerprint density at radius 1 is 0.952 bits per heavy atom. The molecule has 0 amide bonds. The van der Waals surface area contributed by atoms with Gasteiger partial charge < -0.3 is 9.47 Å². The van der Waals surface area contributed by atoms with Crippen molar-refractivity contribution in [2.45, 2.75) is 26.1 Å². The summed E-state index contributed by atoms with van der Waals surface area (Å²) in [6, 6.07) is 13.7. The Morgan fingerprint density at radius 3 is 2.29 bits per heavy atom. The molecule has 1 fully saturated rings. The number of benzene rings is 2. The Bertz CT molecular complexity index is 692. The van der Waals surface area contributed by atoms with Gasteiger partial charge in [-0.1, -0.05) is 42.5 Å². The van der Waals surface area contributed by atoms with E-state index < -0.39 is 23.6 Å². The number of fused-ring (bicyclic) bond motifs is 1. The Hall–Kier alpha value is -2.36. The van der Waals surface area contributed by atoms with Crippen LogP contribution in [0.25, 0.3) is 10.8 Å². The molecule has 0 unspecified atom stereocenters. The summed E-state index contributed by atoms with van der Waals surface area (Å²) < 4.78 is 10.3. The predicted octanol–water partition coefficient (Wildman–Crippen LogP) is 2.83. The van der Waals surface area contributed by atoms with Gasteiger partial charge in [0.1, 0.15) is 0 Å². The van der Waals surface area contributed by atoms with Crippen molar-refractivity contribution >= 4 is 22.7 Å². The van der Waals surface area contributed by atoms with Gasteiger partial charge in [0.15, 0.2) is 5.92 Å². The monoisotopic (exact) mass is 284 g/mol. The lowest BCUT2D eigenvalue weighted by Crippen LogP contribution is -2.46. The minimum absolute atomic E-state index is 0.287. The van der Waals surface area contributed by atoms with Gasteiger partial charge in [0, 0.05) is 13.8 Å². The van der Waals surface area contributed by atoms with Crippen LogP contribution in [-0.2, 0) is 25.5 Å². The first-order valence-corrected chi connectivity index (χ1v) is 6.89. The molecule has 1 heterocycles.